The van der Waals surface area contributed by atoms with E-state index in [0.29, 0.717) is 17.8 Å². The summed E-state index contributed by atoms with van der Waals surface area (Å²) in [6.45, 7) is 0.315. The van der Waals surface area contributed by atoms with Crippen molar-refractivity contribution >= 4 is 5.69 Å². The van der Waals surface area contributed by atoms with Gasteiger partial charge >= 0.3 is 0 Å². The standard InChI is InChI=1S/C16H18FNO2/c1-18(10-12-6-8-13(20-2)9-7-12)16-5-3-4-15(17)14(16)11-19/h3-9,19H,10-11H2,1-2H3. The summed E-state index contributed by atoms with van der Waals surface area (Å²) in [5.74, 6) is 0.421. The van der Waals surface area contributed by atoms with Gasteiger partial charge in [-0.15, -0.1) is 0 Å². The highest BCUT2D eigenvalue weighted by molar-refractivity contribution is 5.53. The Balaban J connectivity index is 2.19. The largest absolute Gasteiger partial charge is 0.497 e. The van der Waals surface area contributed by atoms with E-state index in [2.05, 4.69) is 0 Å². The van der Waals surface area contributed by atoms with Gasteiger partial charge in [-0.05, 0) is 29.8 Å². The molecule has 2 aromatic rings. The lowest BCUT2D eigenvalue weighted by Gasteiger charge is -2.22. The Bertz CT molecular complexity index is 569. The second-order valence-corrected chi connectivity index (χ2v) is 4.60. The van der Waals surface area contributed by atoms with E-state index >= 15 is 0 Å². The summed E-state index contributed by atoms with van der Waals surface area (Å²) < 4.78 is 18.8. The smallest absolute Gasteiger partial charge is 0.130 e. The molecule has 2 aromatic carbocycles. The predicted molar refractivity (Wildman–Crippen MR) is 77.4 cm³/mol. The van der Waals surface area contributed by atoms with Crippen LogP contribution >= 0.6 is 0 Å². The van der Waals surface area contributed by atoms with Crippen LogP contribution in [0.15, 0.2) is 42.5 Å². The number of hydrogen-bond acceptors (Lipinski definition) is 3. The average Bonchev–Trinajstić information content (AvgIpc) is 2.47. The van der Waals surface area contributed by atoms with Gasteiger partial charge in [-0.3, -0.25) is 0 Å². The SMILES string of the molecule is COc1ccc(CN(C)c2cccc(F)c2CO)cc1. The summed E-state index contributed by atoms with van der Waals surface area (Å²) in [6, 6.07) is 12.5. The number of aliphatic hydroxyl groups excluding tert-OH is 1. The molecule has 0 heterocycles. The third kappa shape index (κ3) is 3.08. The number of rotatable bonds is 5. The molecule has 0 bridgehead atoms. The zero-order valence-corrected chi connectivity index (χ0v) is 11.6. The van der Waals surface area contributed by atoms with Crippen LogP contribution in [0, 0.1) is 5.82 Å². The Morgan fingerprint density at radius 3 is 2.45 bits per heavy atom. The molecule has 20 heavy (non-hydrogen) atoms. The number of halogens is 1. The summed E-state index contributed by atoms with van der Waals surface area (Å²) in [5.41, 5.74) is 2.10. The minimum Gasteiger partial charge on any atom is -0.497 e. The Labute approximate surface area is 118 Å². The van der Waals surface area contributed by atoms with Gasteiger partial charge in [0.15, 0.2) is 0 Å². The molecule has 0 aromatic heterocycles. The fraction of sp³-hybridized carbons (Fsp3) is 0.250. The van der Waals surface area contributed by atoms with Gasteiger partial charge in [-0.2, -0.15) is 0 Å². The maximum absolute atomic E-state index is 13.6. The normalized spacial score (nSPS) is 10.4. The van der Waals surface area contributed by atoms with Crippen molar-refractivity contribution in [3.05, 3.63) is 59.4 Å². The van der Waals surface area contributed by atoms with Gasteiger partial charge in [0.2, 0.25) is 0 Å². The molecule has 4 heteroatoms. The summed E-state index contributed by atoms with van der Waals surface area (Å²) >= 11 is 0. The highest BCUT2D eigenvalue weighted by atomic mass is 19.1. The van der Waals surface area contributed by atoms with E-state index in [0.717, 1.165) is 11.3 Å². The molecule has 0 spiro atoms. The lowest BCUT2D eigenvalue weighted by Crippen LogP contribution is -2.18. The fourth-order valence-electron chi connectivity index (χ4n) is 2.15. The van der Waals surface area contributed by atoms with E-state index in [1.54, 1.807) is 19.2 Å². The first kappa shape index (κ1) is 14.3. The first-order chi connectivity index (χ1) is 9.65. The van der Waals surface area contributed by atoms with Crippen molar-refractivity contribution in [2.75, 3.05) is 19.1 Å². The van der Waals surface area contributed by atoms with Gasteiger partial charge in [-0.1, -0.05) is 18.2 Å². The lowest BCUT2D eigenvalue weighted by molar-refractivity contribution is 0.276. The number of methoxy groups -OCH3 is 1. The molecule has 3 nitrogen and oxygen atoms in total. The van der Waals surface area contributed by atoms with Crippen LogP contribution in [0.3, 0.4) is 0 Å². The molecule has 0 aliphatic heterocycles. The van der Waals surface area contributed by atoms with E-state index in [9.17, 15) is 9.50 Å². The predicted octanol–water partition coefficient (Wildman–Crippen LogP) is 2.96. The molecule has 0 fully saturated rings. The molecular formula is C16H18FNO2. The van der Waals surface area contributed by atoms with Crippen molar-refractivity contribution in [1.29, 1.82) is 0 Å². The Morgan fingerprint density at radius 2 is 1.85 bits per heavy atom. The van der Waals surface area contributed by atoms with E-state index < -0.39 is 0 Å². The minimum absolute atomic E-state index is 0.311. The molecule has 2 rings (SSSR count). The van der Waals surface area contributed by atoms with E-state index in [1.165, 1.54) is 6.07 Å². The molecule has 0 saturated carbocycles. The van der Waals surface area contributed by atoms with Crippen molar-refractivity contribution < 1.29 is 14.2 Å². The van der Waals surface area contributed by atoms with Crippen LogP contribution in [0.1, 0.15) is 11.1 Å². The van der Waals surface area contributed by atoms with Crippen LogP contribution in [0.4, 0.5) is 10.1 Å². The van der Waals surface area contributed by atoms with Crippen molar-refractivity contribution in [3.63, 3.8) is 0 Å². The Hall–Kier alpha value is -2.07. The quantitative estimate of drug-likeness (QED) is 0.910. The second-order valence-electron chi connectivity index (χ2n) is 4.60. The summed E-state index contributed by atoms with van der Waals surface area (Å²) in [6.07, 6.45) is 0. The topological polar surface area (TPSA) is 32.7 Å². The van der Waals surface area contributed by atoms with Crippen LogP contribution in [0.25, 0.3) is 0 Å². The Kier molecular flexibility index (Phi) is 4.58. The lowest BCUT2D eigenvalue weighted by atomic mass is 10.1. The van der Waals surface area contributed by atoms with E-state index in [-0.39, 0.29) is 12.4 Å². The second kappa shape index (κ2) is 6.39. The van der Waals surface area contributed by atoms with Gasteiger partial charge in [0.25, 0.3) is 0 Å². The van der Waals surface area contributed by atoms with Crippen molar-refractivity contribution in [2.24, 2.45) is 0 Å². The minimum atomic E-state index is -0.383. The molecule has 0 atom stereocenters. The monoisotopic (exact) mass is 275 g/mol. The number of nitrogens with zero attached hydrogens (tertiary/aromatic N) is 1. The van der Waals surface area contributed by atoms with Crippen molar-refractivity contribution in [1.82, 2.24) is 0 Å². The zero-order chi connectivity index (χ0) is 14.5. The van der Waals surface area contributed by atoms with Crippen LogP contribution in [-0.2, 0) is 13.2 Å². The number of anilines is 1. The Morgan fingerprint density at radius 1 is 1.15 bits per heavy atom. The maximum atomic E-state index is 13.6. The zero-order valence-electron chi connectivity index (χ0n) is 11.6. The number of hydrogen-bond donors (Lipinski definition) is 1. The van der Waals surface area contributed by atoms with E-state index in [1.807, 2.05) is 36.2 Å². The van der Waals surface area contributed by atoms with Gasteiger partial charge in [-0.25, -0.2) is 4.39 Å². The molecule has 0 aliphatic carbocycles. The third-order valence-electron chi connectivity index (χ3n) is 3.24. The molecule has 0 unspecified atom stereocenters. The average molecular weight is 275 g/mol. The molecule has 0 amide bonds. The molecule has 106 valence electrons. The first-order valence-electron chi connectivity index (χ1n) is 6.38. The van der Waals surface area contributed by atoms with Gasteiger partial charge in [0.05, 0.1) is 13.7 Å². The van der Waals surface area contributed by atoms with Gasteiger partial charge in [0, 0.05) is 24.8 Å². The fourth-order valence-corrected chi connectivity index (χ4v) is 2.15. The third-order valence-corrected chi connectivity index (χ3v) is 3.24. The highest BCUT2D eigenvalue weighted by Gasteiger charge is 2.11. The molecular weight excluding hydrogens is 257 g/mol. The summed E-state index contributed by atoms with van der Waals surface area (Å²) in [7, 11) is 3.50. The van der Waals surface area contributed by atoms with Gasteiger partial charge in [0.1, 0.15) is 11.6 Å². The molecule has 1 N–H and O–H groups in total. The van der Waals surface area contributed by atoms with Crippen LogP contribution < -0.4 is 9.64 Å². The highest BCUT2D eigenvalue weighted by Crippen LogP contribution is 2.24. The van der Waals surface area contributed by atoms with E-state index in [4.69, 9.17) is 4.74 Å². The first-order valence-corrected chi connectivity index (χ1v) is 6.38. The number of ether oxygens (including phenoxy) is 1. The maximum Gasteiger partial charge on any atom is 0.130 e. The van der Waals surface area contributed by atoms with Gasteiger partial charge < -0.3 is 14.7 Å². The summed E-state index contributed by atoms with van der Waals surface area (Å²) in [5, 5.41) is 9.30. The number of aliphatic hydroxyl groups is 1. The molecule has 0 radical (unpaired) electrons. The van der Waals surface area contributed by atoms with Crippen molar-refractivity contribution in [3.8, 4) is 5.75 Å². The summed E-state index contributed by atoms with van der Waals surface area (Å²) in [4.78, 5) is 1.91. The van der Waals surface area contributed by atoms with Crippen molar-refractivity contribution in [2.45, 2.75) is 13.2 Å². The molecule has 0 saturated heterocycles. The van der Waals surface area contributed by atoms with Crippen LogP contribution in [0.5, 0.6) is 5.75 Å². The van der Waals surface area contributed by atoms with Crippen LogP contribution in [-0.4, -0.2) is 19.3 Å². The number of benzene rings is 2. The van der Waals surface area contributed by atoms with Crippen LogP contribution in [0.2, 0.25) is 0 Å². The molecule has 0 aliphatic rings.